The van der Waals surface area contributed by atoms with E-state index < -0.39 is 6.10 Å². The van der Waals surface area contributed by atoms with E-state index in [-0.39, 0.29) is 30.1 Å². The zero-order chi connectivity index (χ0) is 33.8. The summed E-state index contributed by atoms with van der Waals surface area (Å²) in [4.78, 5) is 30.3. The van der Waals surface area contributed by atoms with Crippen LogP contribution in [0.3, 0.4) is 0 Å². The van der Waals surface area contributed by atoms with Gasteiger partial charge < -0.3 is 24.4 Å². The van der Waals surface area contributed by atoms with Gasteiger partial charge in [-0.25, -0.2) is 4.79 Å². The molecule has 1 aliphatic heterocycles. The molecule has 2 aromatic carbocycles. The highest BCUT2D eigenvalue weighted by molar-refractivity contribution is 5.95. The first kappa shape index (κ1) is 33.5. The van der Waals surface area contributed by atoms with Crippen molar-refractivity contribution in [2.75, 3.05) is 31.6 Å². The Bertz CT molecular complexity index is 1620. The first-order valence-corrected chi connectivity index (χ1v) is 17.4. The monoisotopic (exact) mass is 653 g/mol. The fourth-order valence-electron chi connectivity index (χ4n) is 7.42. The molecule has 2 heterocycles. The lowest BCUT2D eigenvalue weighted by Crippen LogP contribution is -2.54. The zero-order valence-electron chi connectivity index (χ0n) is 28.3. The molecule has 3 aromatic rings. The second kappa shape index (κ2) is 14.8. The summed E-state index contributed by atoms with van der Waals surface area (Å²) in [5, 5.41) is 23.7. The Hall–Kier alpha value is -4.36. The van der Waals surface area contributed by atoms with E-state index in [1.54, 1.807) is 7.11 Å². The zero-order valence-corrected chi connectivity index (χ0v) is 28.3. The maximum atomic E-state index is 14.4. The summed E-state index contributed by atoms with van der Waals surface area (Å²) in [6.07, 6.45) is 9.54. The van der Waals surface area contributed by atoms with Crippen LogP contribution in [-0.4, -0.2) is 70.7 Å². The van der Waals surface area contributed by atoms with Crippen molar-refractivity contribution in [2.45, 2.75) is 89.4 Å². The lowest BCUT2D eigenvalue weighted by Gasteiger charge is -2.38. The van der Waals surface area contributed by atoms with Crippen molar-refractivity contribution < 1.29 is 24.2 Å². The lowest BCUT2D eigenvalue weighted by atomic mass is 9.78. The quantitative estimate of drug-likeness (QED) is 0.273. The van der Waals surface area contributed by atoms with Gasteiger partial charge in [-0.3, -0.25) is 9.48 Å². The molecule has 1 N–H and O–H groups in total. The molecular formula is C38H47N5O5. The number of benzene rings is 2. The maximum absolute atomic E-state index is 14.4. The average molecular weight is 654 g/mol. The van der Waals surface area contributed by atoms with Gasteiger partial charge in [0.2, 0.25) is 5.91 Å². The summed E-state index contributed by atoms with van der Waals surface area (Å²) in [5.74, 6) is 1.33. The Kier molecular flexibility index (Phi) is 10.4. The number of nitriles is 1. The van der Waals surface area contributed by atoms with Gasteiger partial charge in [0.15, 0.2) is 0 Å². The van der Waals surface area contributed by atoms with Crippen LogP contribution in [0.1, 0.15) is 88.3 Å². The van der Waals surface area contributed by atoms with E-state index in [2.05, 4.69) is 49.4 Å². The summed E-state index contributed by atoms with van der Waals surface area (Å²) in [6.45, 7) is 5.50. The number of carbonyl (C=O) groups excluding carboxylic acids is 2. The van der Waals surface area contributed by atoms with Crippen LogP contribution in [0.5, 0.6) is 5.75 Å². The van der Waals surface area contributed by atoms with E-state index in [0.29, 0.717) is 68.5 Å². The lowest BCUT2D eigenvalue weighted by molar-refractivity contribution is -0.124. The molecule has 0 unspecified atom stereocenters. The summed E-state index contributed by atoms with van der Waals surface area (Å²) < 4.78 is 13.0. The van der Waals surface area contributed by atoms with Crippen LogP contribution in [0.2, 0.25) is 0 Å². The number of carbonyl (C=O) groups is 2. The molecule has 6 rings (SSSR count). The molecule has 254 valence electrons. The average Bonchev–Trinajstić information content (AvgIpc) is 3.60. The third-order valence-electron chi connectivity index (χ3n) is 10.4. The fourth-order valence-corrected chi connectivity index (χ4v) is 7.42. The third kappa shape index (κ3) is 7.52. The van der Waals surface area contributed by atoms with Crippen molar-refractivity contribution in [2.24, 2.45) is 11.8 Å². The largest absolute Gasteiger partial charge is 0.495 e. The van der Waals surface area contributed by atoms with Gasteiger partial charge in [-0.05, 0) is 112 Å². The first-order valence-electron chi connectivity index (χ1n) is 17.4. The number of amides is 2. The van der Waals surface area contributed by atoms with E-state index >= 15 is 0 Å². The molecule has 0 spiro atoms. The molecule has 2 aliphatic carbocycles. The summed E-state index contributed by atoms with van der Waals surface area (Å²) >= 11 is 0. The van der Waals surface area contributed by atoms with Gasteiger partial charge in [0.05, 0.1) is 38.1 Å². The van der Waals surface area contributed by atoms with Crippen LogP contribution in [0, 0.1) is 23.2 Å². The van der Waals surface area contributed by atoms with Gasteiger partial charge in [0.25, 0.3) is 0 Å². The van der Waals surface area contributed by atoms with Crippen molar-refractivity contribution in [3.05, 3.63) is 66.0 Å². The minimum Gasteiger partial charge on any atom is -0.495 e. The predicted molar refractivity (Wildman–Crippen MR) is 183 cm³/mol. The molecule has 0 bridgehead atoms. The standard InChI is InChI=1S/C38H47N5O5/c1-25(2)43-22-32(20-40-43)29-5-4-6-33(18-29)42(37(45)28-11-14-35(15-12-28)48-38(46)41-23-34(44)24-41)21-26-7-9-27(10-8-26)30-13-16-36(47-3)31(17-30)19-39/h4-6,13,16-18,20,22,25-28,34-35,44H,7-12,14-15,21,23-24H2,1-3H3/t26-,27-,28-,35-. The van der Waals surface area contributed by atoms with Crippen molar-refractivity contribution >= 4 is 17.7 Å². The van der Waals surface area contributed by atoms with Crippen molar-refractivity contribution in [1.29, 1.82) is 5.26 Å². The highest BCUT2D eigenvalue weighted by Gasteiger charge is 2.36. The second-order valence-electron chi connectivity index (χ2n) is 14.0. The number of anilines is 1. The van der Waals surface area contributed by atoms with Gasteiger partial charge in [0.1, 0.15) is 17.9 Å². The number of aromatic nitrogens is 2. The minimum absolute atomic E-state index is 0.136. The Labute approximate surface area is 283 Å². The van der Waals surface area contributed by atoms with E-state index in [1.807, 2.05) is 40.0 Å². The smallest absolute Gasteiger partial charge is 0.410 e. The highest BCUT2D eigenvalue weighted by Crippen LogP contribution is 2.39. The Balaban J connectivity index is 1.15. The molecule has 2 amide bonds. The Morgan fingerprint density at radius 1 is 1.02 bits per heavy atom. The van der Waals surface area contributed by atoms with Gasteiger partial charge in [-0.1, -0.05) is 18.2 Å². The molecule has 0 radical (unpaired) electrons. The van der Waals surface area contributed by atoms with Crippen LogP contribution in [0.4, 0.5) is 10.5 Å². The summed E-state index contributed by atoms with van der Waals surface area (Å²) in [7, 11) is 1.59. The normalized spacial score (nSPS) is 22.9. The number of methoxy groups -OCH3 is 1. The van der Waals surface area contributed by atoms with Gasteiger partial charge in [0, 0.05) is 36.0 Å². The van der Waals surface area contributed by atoms with E-state index in [0.717, 1.165) is 42.5 Å². The summed E-state index contributed by atoms with van der Waals surface area (Å²) in [5.41, 5.74) is 4.69. The molecule has 3 aliphatic rings. The topological polar surface area (TPSA) is 121 Å². The SMILES string of the molecule is COc1ccc([C@H]2CC[C@H](CN(c3cccc(-c4cnn(C(C)C)c4)c3)C(=O)[C@H]3CC[C@H](OC(=O)N4CC(O)C4)CC3)CC2)cc1C#N. The van der Waals surface area contributed by atoms with Crippen LogP contribution >= 0.6 is 0 Å². The maximum Gasteiger partial charge on any atom is 0.410 e. The molecule has 2 saturated carbocycles. The van der Waals surface area contributed by atoms with E-state index in [4.69, 9.17) is 9.47 Å². The van der Waals surface area contributed by atoms with Gasteiger partial charge in [-0.15, -0.1) is 0 Å². The highest BCUT2D eigenvalue weighted by atomic mass is 16.6. The number of hydrogen-bond acceptors (Lipinski definition) is 7. The summed E-state index contributed by atoms with van der Waals surface area (Å²) in [6, 6.07) is 16.7. The second-order valence-corrected chi connectivity index (χ2v) is 14.0. The third-order valence-corrected chi connectivity index (χ3v) is 10.4. The molecule has 10 heteroatoms. The number of rotatable bonds is 9. The number of aliphatic hydroxyl groups is 1. The molecule has 10 nitrogen and oxygen atoms in total. The van der Waals surface area contributed by atoms with Crippen LogP contribution in [0.25, 0.3) is 11.1 Å². The number of ether oxygens (including phenoxy) is 2. The van der Waals surface area contributed by atoms with Crippen molar-refractivity contribution in [3.63, 3.8) is 0 Å². The van der Waals surface area contributed by atoms with Crippen LogP contribution in [0.15, 0.2) is 54.9 Å². The van der Waals surface area contributed by atoms with Crippen LogP contribution in [-0.2, 0) is 9.53 Å². The van der Waals surface area contributed by atoms with Gasteiger partial charge >= 0.3 is 6.09 Å². The number of hydrogen-bond donors (Lipinski definition) is 1. The number of likely N-dealkylation sites (tertiary alicyclic amines) is 1. The molecular weight excluding hydrogens is 606 g/mol. The Morgan fingerprint density at radius 2 is 1.77 bits per heavy atom. The fraction of sp³-hybridized carbons (Fsp3) is 0.526. The molecule has 1 aromatic heterocycles. The molecule has 48 heavy (non-hydrogen) atoms. The predicted octanol–water partition coefficient (Wildman–Crippen LogP) is 6.69. The van der Waals surface area contributed by atoms with Crippen molar-refractivity contribution in [3.8, 4) is 22.9 Å². The molecule has 3 fully saturated rings. The first-order chi connectivity index (χ1) is 23.2. The van der Waals surface area contributed by atoms with Crippen LogP contribution < -0.4 is 9.64 Å². The number of nitrogens with zero attached hydrogens (tertiary/aromatic N) is 5. The van der Waals surface area contributed by atoms with Crippen molar-refractivity contribution in [1.82, 2.24) is 14.7 Å². The van der Waals surface area contributed by atoms with Gasteiger partial charge in [-0.2, -0.15) is 10.4 Å². The minimum atomic E-state index is -0.462. The van der Waals surface area contributed by atoms with E-state index in [1.165, 1.54) is 10.5 Å². The Morgan fingerprint density at radius 3 is 2.42 bits per heavy atom. The number of aliphatic hydroxyl groups excluding tert-OH is 1. The van der Waals surface area contributed by atoms with E-state index in [9.17, 15) is 20.0 Å². The molecule has 0 atom stereocenters. The molecule has 1 saturated heterocycles. The number of β-amino-alcohol motifs (C(OH)–C–C–N with tert-alkyl or cyclic N) is 1.